The predicted molar refractivity (Wildman–Crippen MR) is 390 cm³/mol. The summed E-state index contributed by atoms with van der Waals surface area (Å²) in [6.45, 7) is 4.59. The van der Waals surface area contributed by atoms with Gasteiger partial charge in [0, 0.05) is 25.7 Å². The number of hydrogen-bond donors (Lipinski definition) is 3. The molecule has 0 fully saturated rings. The Hall–Kier alpha value is -4.02. The zero-order valence-corrected chi connectivity index (χ0v) is 62.1. The van der Waals surface area contributed by atoms with Crippen molar-refractivity contribution in [1.82, 2.24) is 0 Å². The Kier molecular flexibility index (Phi) is 66.6. The molecule has 0 bridgehead atoms. The number of carbonyl (C=O) groups excluding carboxylic acids is 4. The number of carbonyl (C=O) groups is 4. The summed E-state index contributed by atoms with van der Waals surface area (Å²) < 4.78 is 68.3. The normalized spacial score (nSPS) is 14.5. The lowest BCUT2D eigenvalue weighted by Crippen LogP contribution is -2.30. The van der Waals surface area contributed by atoms with Crippen molar-refractivity contribution >= 4 is 39.5 Å². The molecule has 0 aromatic rings. The molecule has 0 aliphatic carbocycles. The van der Waals surface area contributed by atoms with E-state index in [2.05, 4.69) is 125 Å². The number of phosphoric acid groups is 2. The van der Waals surface area contributed by atoms with Crippen LogP contribution in [0, 0.1) is 0 Å². The maximum atomic E-state index is 13.0. The van der Waals surface area contributed by atoms with E-state index in [4.69, 9.17) is 37.0 Å². The number of ether oxygens (including phenoxy) is 4. The summed E-state index contributed by atoms with van der Waals surface area (Å²) in [6.07, 6.45) is 71.2. The fraction of sp³-hybridized carbons (Fsp3) is 0.740. The van der Waals surface area contributed by atoms with Crippen LogP contribution in [-0.4, -0.2) is 96.7 Å². The monoisotopic (exact) mass is 1390 g/mol. The maximum Gasteiger partial charge on any atom is 0.472 e. The molecule has 0 aliphatic heterocycles. The number of esters is 4. The van der Waals surface area contributed by atoms with E-state index in [1.54, 1.807) is 0 Å². The van der Waals surface area contributed by atoms with Crippen LogP contribution in [0.2, 0.25) is 0 Å². The molecule has 554 valence electrons. The molecule has 96 heavy (non-hydrogen) atoms. The van der Waals surface area contributed by atoms with Crippen LogP contribution in [-0.2, 0) is 65.4 Å². The van der Waals surface area contributed by atoms with Crippen LogP contribution in [0.4, 0.5) is 0 Å². The van der Waals surface area contributed by atoms with Gasteiger partial charge in [0.2, 0.25) is 0 Å². The third-order valence-electron chi connectivity index (χ3n) is 15.6. The number of phosphoric ester groups is 2. The number of hydrogen-bond acceptors (Lipinski definition) is 15. The Morgan fingerprint density at radius 2 is 0.542 bits per heavy atom. The zero-order valence-electron chi connectivity index (χ0n) is 60.3. The van der Waals surface area contributed by atoms with Crippen molar-refractivity contribution in [3.05, 3.63) is 97.2 Å². The van der Waals surface area contributed by atoms with Crippen molar-refractivity contribution in [3.63, 3.8) is 0 Å². The van der Waals surface area contributed by atoms with Gasteiger partial charge in [0.25, 0.3) is 0 Å². The van der Waals surface area contributed by atoms with Crippen molar-refractivity contribution in [2.24, 2.45) is 0 Å². The van der Waals surface area contributed by atoms with Crippen molar-refractivity contribution in [2.45, 2.75) is 329 Å². The molecule has 19 heteroatoms. The number of allylic oxidation sites excluding steroid dienone is 16. The Bertz CT molecular complexity index is 2050. The molecule has 0 saturated carbocycles. The van der Waals surface area contributed by atoms with Gasteiger partial charge in [0.15, 0.2) is 12.2 Å². The molecule has 0 spiro atoms. The third kappa shape index (κ3) is 68.5. The van der Waals surface area contributed by atoms with Gasteiger partial charge in [-0.1, -0.05) is 279 Å². The molecule has 0 aliphatic rings. The van der Waals surface area contributed by atoms with Gasteiger partial charge in [-0.25, -0.2) is 9.13 Å². The topological polar surface area (TPSA) is 237 Å². The van der Waals surface area contributed by atoms with Gasteiger partial charge in [0.1, 0.15) is 19.3 Å². The van der Waals surface area contributed by atoms with Gasteiger partial charge in [-0.2, -0.15) is 0 Å². The van der Waals surface area contributed by atoms with Gasteiger partial charge in [0.05, 0.1) is 26.4 Å². The summed E-state index contributed by atoms with van der Waals surface area (Å²) in [5, 5.41) is 10.6. The minimum Gasteiger partial charge on any atom is -0.462 e. The quantitative estimate of drug-likeness (QED) is 0.0169. The Labute approximate surface area is 582 Å². The van der Waals surface area contributed by atoms with Gasteiger partial charge in [-0.15, -0.1) is 0 Å². The minimum absolute atomic E-state index is 0.0916. The zero-order chi connectivity index (χ0) is 70.4. The number of aliphatic hydroxyl groups is 1. The highest BCUT2D eigenvalue weighted by atomic mass is 31.2. The van der Waals surface area contributed by atoms with E-state index in [0.717, 1.165) is 154 Å². The smallest absolute Gasteiger partial charge is 0.462 e. The van der Waals surface area contributed by atoms with Gasteiger partial charge < -0.3 is 33.8 Å². The SMILES string of the molecule is CC/C=C\C/C=C\C/C=C\C/C=C\CCCCCCC(=O)OCC(COP(=O)(O)OCC(O)COP(=O)(O)OCC(COC(=O)CCCCCC/C=C\C/C=C\C/C=C\C/C=C\CC)OC(=O)CCCCCCCCCCCCC)OC(=O)CCCCCCCCCCCCC. The fourth-order valence-corrected chi connectivity index (χ4v) is 11.5. The molecule has 0 amide bonds. The molecule has 0 aromatic carbocycles. The summed E-state index contributed by atoms with van der Waals surface area (Å²) in [7, 11) is -9.95. The minimum atomic E-state index is -4.97. The summed E-state index contributed by atoms with van der Waals surface area (Å²) in [5.41, 5.74) is 0. The molecular weight excluding hydrogens is 1260 g/mol. The van der Waals surface area contributed by atoms with E-state index in [9.17, 15) is 43.2 Å². The van der Waals surface area contributed by atoms with E-state index in [0.29, 0.717) is 25.7 Å². The van der Waals surface area contributed by atoms with Crippen LogP contribution in [0.15, 0.2) is 97.2 Å². The molecule has 0 radical (unpaired) electrons. The first kappa shape index (κ1) is 92.0. The van der Waals surface area contributed by atoms with Crippen LogP contribution in [0.25, 0.3) is 0 Å². The van der Waals surface area contributed by atoms with Crippen molar-refractivity contribution in [3.8, 4) is 0 Å². The largest absolute Gasteiger partial charge is 0.472 e. The second kappa shape index (κ2) is 69.5. The molecule has 4 atom stereocenters. The van der Waals surface area contributed by atoms with Gasteiger partial charge in [-0.05, 0) is 103 Å². The molecule has 0 rings (SSSR count). The predicted octanol–water partition coefficient (Wildman–Crippen LogP) is 21.2. The van der Waals surface area contributed by atoms with Gasteiger partial charge in [-0.3, -0.25) is 37.3 Å². The van der Waals surface area contributed by atoms with Crippen LogP contribution in [0.5, 0.6) is 0 Å². The standard InChI is InChI=1S/C77H134O17P2/c1-5-9-13-17-21-25-29-31-33-35-37-39-43-45-49-53-57-61-74(79)87-67-72(93-76(81)63-59-55-51-47-41-27-23-19-15-11-7-3)69-91-95(83,84)89-65-71(78)66-90-96(85,86)92-70-73(94-77(82)64-60-56-52-48-42-28-24-20-16-12-8-4)68-88-75(80)62-58-54-50-46-44-40-38-36-34-32-30-26-22-18-14-10-6-2/h9-10,13-14,21-22,25-26,31-34,37-40,71-73,78H,5-8,11-12,15-20,23-24,27-30,35-36,41-70H2,1-4H3,(H,83,84)(H,85,86)/b13-9-,14-10-,25-21-,26-22-,33-31-,34-32-,39-37-,40-38-. The van der Waals surface area contributed by atoms with E-state index in [1.807, 2.05) is 0 Å². The average Bonchev–Trinajstić information content (AvgIpc) is 1.21. The van der Waals surface area contributed by atoms with Crippen molar-refractivity contribution in [1.29, 1.82) is 0 Å². The van der Waals surface area contributed by atoms with Crippen LogP contribution in [0.3, 0.4) is 0 Å². The molecule has 0 heterocycles. The van der Waals surface area contributed by atoms with Crippen LogP contribution >= 0.6 is 15.6 Å². The lowest BCUT2D eigenvalue weighted by Gasteiger charge is -2.21. The number of unbranched alkanes of at least 4 members (excludes halogenated alkanes) is 28. The molecule has 4 unspecified atom stereocenters. The molecule has 0 saturated heterocycles. The first-order chi connectivity index (χ1) is 46.7. The van der Waals surface area contributed by atoms with Crippen molar-refractivity contribution < 1.29 is 80.2 Å². The molecule has 17 nitrogen and oxygen atoms in total. The second-order valence-electron chi connectivity index (χ2n) is 24.8. The average molecular weight is 1390 g/mol. The number of aliphatic hydroxyl groups excluding tert-OH is 1. The Morgan fingerprint density at radius 3 is 0.833 bits per heavy atom. The molecular formula is C77H134O17P2. The van der Waals surface area contributed by atoms with Gasteiger partial charge >= 0.3 is 39.5 Å². The summed E-state index contributed by atoms with van der Waals surface area (Å²) in [5.74, 6) is -2.21. The molecule has 0 aromatic heterocycles. The first-order valence-electron chi connectivity index (χ1n) is 37.5. The van der Waals surface area contributed by atoms with E-state index < -0.39 is 97.5 Å². The lowest BCUT2D eigenvalue weighted by molar-refractivity contribution is -0.161. The highest BCUT2D eigenvalue weighted by molar-refractivity contribution is 7.47. The summed E-state index contributed by atoms with van der Waals surface area (Å²) >= 11 is 0. The Balaban J connectivity index is 5.31. The van der Waals surface area contributed by atoms with E-state index >= 15 is 0 Å². The summed E-state index contributed by atoms with van der Waals surface area (Å²) in [6, 6.07) is 0. The summed E-state index contributed by atoms with van der Waals surface area (Å²) in [4.78, 5) is 72.7. The number of rotatable bonds is 70. The van der Waals surface area contributed by atoms with E-state index in [1.165, 1.54) is 77.0 Å². The highest BCUT2D eigenvalue weighted by Gasteiger charge is 2.30. The Morgan fingerprint density at radius 1 is 0.302 bits per heavy atom. The fourth-order valence-electron chi connectivity index (χ4n) is 9.91. The van der Waals surface area contributed by atoms with Crippen LogP contribution in [0.1, 0.15) is 310 Å². The van der Waals surface area contributed by atoms with Crippen molar-refractivity contribution in [2.75, 3.05) is 39.6 Å². The van der Waals surface area contributed by atoms with E-state index in [-0.39, 0.29) is 25.7 Å². The van der Waals surface area contributed by atoms with Crippen LogP contribution < -0.4 is 0 Å². The maximum absolute atomic E-state index is 13.0. The third-order valence-corrected chi connectivity index (χ3v) is 17.5. The first-order valence-corrected chi connectivity index (χ1v) is 40.5. The molecule has 3 N–H and O–H groups in total. The second-order valence-corrected chi connectivity index (χ2v) is 27.7. The highest BCUT2D eigenvalue weighted by Crippen LogP contribution is 2.45. The lowest BCUT2D eigenvalue weighted by atomic mass is 10.1.